The first-order valence-corrected chi connectivity index (χ1v) is 6.19. The lowest BCUT2D eigenvalue weighted by Gasteiger charge is -2.34. The Labute approximate surface area is 115 Å². The topological polar surface area (TPSA) is 32.3 Å². The highest BCUT2D eigenvalue weighted by molar-refractivity contribution is 5.96. The first kappa shape index (κ1) is 15.0. The van der Waals surface area contributed by atoms with Crippen molar-refractivity contribution in [1.82, 2.24) is 10.2 Å². The predicted octanol–water partition coefficient (Wildman–Crippen LogP) is 2.16. The van der Waals surface area contributed by atoms with Crippen molar-refractivity contribution < 1.29 is 4.79 Å². The molecule has 1 aliphatic heterocycles. The Morgan fingerprint density at radius 3 is 2.78 bits per heavy atom. The van der Waals surface area contributed by atoms with E-state index in [1.165, 1.54) is 5.56 Å². The standard InChI is InChI=1S/C14H20N2O.ClH/c1-10-5-4-6-13(12(10)3)14(17)16-8-7-15-9-11(16)2;/h4-6,11,15H,7-9H2,1-3H3;1H/t11-;/m0./s1. The minimum atomic E-state index is 0. The van der Waals surface area contributed by atoms with E-state index in [1.54, 1.807) is 0 Å². The number of benzene rings is 1. The van der Waals surface area contributed by atoms with Crippen LogP contribution >= 0.6 is 12.4 Å². The first-order valence-electron chi connectivity index (χ1n) is 6.19. The summed E-state index contributed by atoms with van der Waals surface area (Å²) >= 11 is 0. The van der Waals surface area contributed by atoms with E-state index in [9.17, 15) is 4.79 Å². The van der Waals surface area contributed by atoms with Gasteiger partial charge in [0.1, 0.15) is 0 Å². The second kappa shape index (κ2) is 6.21. The number of nitrogens with zero attached hydrogens (tertiary/aromatic N) is 1. The maximum atomic E-state index is 12.5. The summed E-state index contributed by atoms with van der Waals surface area (Å²) in [5.74, 6) is 0.167. The number of halogens is 1. The Kier molecular flexibility index (Phi) is 5.17. The zero-order valence-corrected chi connectivity index (χ0v) is 12.0. The van der Waals surface area contributed by atoms with Crippen molar-refractivity contribution in [2.24, 2.45) is 0 Å². The molecular formula is C14H21ClN2O. The van der Waals surface area contributed by atoms with E-state index < -0.39 is 0 Å². The summed E-state index contributed by atoms with van der Waals surface area (Å²) in [6.07, 6.45) is 0. The molecule has 4 heteroatoms. The van der Waals surface area contributed by atoms with Crippen molar-refractivity contribution in [3.8, 4) is 0 Å². The Balaban J connectivity index is 0.00000162. The van der Waals surface area contributed by atoms with Crippen LogP contribution < -0.4 is 5.32 Å². The Morgan fingerprint density at radius 1 is 1.39 bits per heavy atom. The number of hydrogen-bond donors (Lipinski definition) is 1. The number of carbonyl (C=O) groups is 1. The molecule has 100 valence electrons. The molecule has 3 nitrogen and oxygen atoms in total. The SMILES string of the molecule is Cc1cccc(C(=O)N2CCNC[C@@H]2C)c1C.Cl. The molecule has 1 aromatic carbocycles. The summed E-state index contributed by atoms with van der Waals surface area (Å²) in [5.41, 5.74) is 3.13. The molecule has 0 saturated carbocycles. The van der Waals surface area contributed by atoms with Crippen LogP contribution in [-0.2, 0) is 0 Å². The maximum absolute atomic E-state index is 12.5. The number of rotatable bonds is 1. The zero-order valence-electron chi connectivity index (χ0n) is 11.2. The average molecular weight is 269 g/mol. The molecule has 1 saturated heterocycles. The van der Waals surface area contributed by atoms with Crippen molar-refractivity contribution in [3.63, 3.8) is 0 Å². The Bertz CT molecular complexity index is 434. The summed E-state index contributed by atoms with van der Waals surface area (Å²) < 4.78 is 0. The summed E-state index contributed by atoms with van der Waals surface area (Å²) in [4.78, 5) is 14.5. The van der Waals surface area contributed by atoms with Crippen LogP contribution in [0.4, 0.5) is 0 Å². The molecule has 2 rings (SSSR count). The van der Waals surface area contributed by atoms with Gasteiger partial charge < -0.3 is 10.2 Å². The average Bonchev–Trinajstić information content (AvgIpc) is 2.32. The quantitative estimate of drug-likeness (QED) is 0.847. The van der Waals surface area contributed by atoms with Crippen LogP contribution in [-0.4, -0.2) is 36.5 Å². The lowest BCUT2D eigenvalue weighted by atomic mass is 10.0. The fourth-order valence-corrected chi connectivity index (χ4v) is 2.28. The summed E-state index contributed by atoms with van der Waals surface area (Å²) in [5, 5.41) is 3.30. The second-order valence-corrected chi connectivity index (χ2v) is 4.80. The maximum Gasteiger partial charge on any atom is 0.254 e. The fourth-order valence-electron chi connectivity index (χ4n) is 2.28. The van der Waals surface area contributed by atoms with E-state index in [0.29, 0.717) is 0 Å². The highest BCUT2D eigenvalue weighted by atomic mass is 35.5. The molecule has 1 aliphatic rings. The molecule has 0 bridgehead atoms. The van der Waals surface area contributed by atoms with Crippen LogP contribution in [0.25, 0.3) is 0 Å². The molecule has 18 heavy (non-hydrogen) atoms. The molecule has 1 heterocycles. The molecule has 0 aliphatic carbocycles. The van der Waals surface area contributed by atoms with Gasteiger partial charge in [-0.15, -0.1) is 12.4 Å². The van der Waals surface area contributed by atoms with Gasteiger partial charge in [0.05, 0.1) is 0 Å². The van der Waals surface area contributed by atoms with Gasteiger partial charge in [-0.2, -0.15) is 0 Å². The normalized spacial score (nSPS) is 19.3. The van der Waals surface area contributed by atoms with Crippen molar-refractivity contribution in [1.29, 1.82) is 0 Å². The van der Waals surface area contributed by atoms with Crippen LogP contribution in [0.1, 0.15) is 28.4 Å². The molecular weight excluding hydrogens is 248 g/mol. The zero-order chi connectivity index (χ0) is 12.4. The van der Waals surface area contributed by atoms with E-state index in [2.05, 4.69) is 12.2 Å². The number of carbonyl (C=O) groups excluding carboxylic acids is 1. The lowest BCUT2D eigenvalue weighted by molar-refractivity contribution is 0.0655. The summed E-state index contributed by atoms with van der Waals surface area (Å²) in [7, 11) is 0. The van der Waals surface area contributed by atoms with Gasteiger partial charge in [0, 0.05) is 31.2 Å². The van der Waals surface area contributed by atoms with Gasteiger partial charge in [0.15, 0.2) is 0 Å². The molecule has 0 spiro atoms. The molecule has 1 fully saturated rings. The minimum absolute atomic E-state index is 0. The van der Waals surface area contributed by atoms with Crippen LogP contribution in [0.15, 0.2) is 18.2 Å². The van der Waals surface area contributed by atoms with Gasteiger partial charge >= 0.3 is 0 Å². The number of nitrogens with one attached hydrogen (secondary N) is 1. The fraction of sp³-hybridized carbons (Fsp3) is 0.500. The van der Waals surface area contributed by atoms with Gasteiger partial charge in [-0.05, 0) is 38.0 Å². The van der Waals surface area contributed by atoms with Crippen LogP contribution in [0, 0.1) is 13.8 Å². The molecule has 1 aromatic rings. The molecule has 0 radical (unpaired) electrons. The summed E-state index contributed by atoms with van der Waals surface area (Å²) in [6, 6.07) is 6.21. The highest BCUT2D eigenvalue weighted by Gasteiger charge is 2.24. The van der Waals surface area contributed by atoms with Gasteiger partial charge in [-0.1, -0.05) is 12.1 Å². The molecule has 0 aromatic heterocycles. The van der Waals surface area contributed by atoms with Crippen LogP contribution in [0.3, 0.4) is 0 Å². The van der Waals surface area contributed by atoms with Crippen molar-refractivity contribution >= 4 is 18.3 Å². The summed E-state index contributed by atoms with van der Waals surface area (Å²) in [6.45, 7) is 8.74. The van der Waals surface area contributed by atoms with Gasteiger partial charge in [0.2, 0.25) is 0 Å². The Hall–Kier alpha value is -1.06. The second-order valence-electron chi connectivity index (χ2n) is 4.80. The number of piperazine rings is 1. The predicted molar refractivity (Wildman–Crippen MR) is 76.5 cm³/mol. The Morgan fingerprint density at radius 2 is 2.11 bits per heavy atom. The van der Waals surface area contributed by atoms with Gasteiger partial charge in [0.25, 0.3) is 5.91 Å². The third-order valence-corrected chi connectivity index (χ3v) is 3.60. The van der Waals surface area contributed by atoms with E-state index in [4.69, 9.17) is 0 Å². The van der Waals surface area contributed by atoms with Crippen molar-refractivity contribution in [2.75, 3.05) is 19.6 Å². The first-order chi connectivity index (χ1) is 8.11. The van der Waals surface area contributed by atoms with Crippen molar-refractivity contribution in [3.05, 3.63) is 34.9 Å². The molecule has 0 unspecified atom stereocenters. The highest BCUT2D eigenvalue weighted by Crippen LogP contribution is 2.17. The molecule has 1 amide bonds. The van der Waals surface area contributed by atoms with E-state index in [0.717, 1.165) is 30.8 Å². The third kappa shape index (κ3) is 2.85. The molecule has 1 N–H and O–H groups in total. The minimum Gasteiger partial charge on any atom is -0.333 e. The van der Waals surface area contributed by atoms with Crippen LogP contribution in [0.2, 0.25) is 0 Å². The lowest BCUT2D eigenvalue weighted by Crippen LogP contribution is -2.52. The van der Waals surface area contributed by atoms with Gasteiger partial charge in [-0.25, -0.2) is 0 Å². The van der Waals surface area contributed by atoms with E-state index in [1.807, 2.05) is 36.9 Å². The van der Waals surface area contributed by atoms with E-state index in [-0.39, 0.29) is 24.4 Å². The third-order valence-electron chi connectivity index (χ3n) is 3.60. The van der Waals surface area contributed by atoms with Crippen LogP contribution in [0.5, 0.6) is 0 Å². The number of amides is 1. The largest absolute Gasteiger partial charge is 0.333 e. The van der Waals surface area contributed by atoms with Gasteiger partial charge in [-0.3, -0.25) is 4.79 Å². The molecule has 1 atom stereocenters. The number of hydrogen-bond acceptors (Lipinski definition) is 2. The number of aryl methyl sites for hydroxylation is 1. The smallest absolute Gasteiger partial charge is 0.254 e. The monoisotopic (exact) mass is 268 g/mol. The van der Waals surface area contributed by atoms with E-state index >= 15 is 0 Å². The van der Waals surface area contributed by atoms with Crippen molar-refractivity contribution in [2.45, 2.75) is 26.8 Å².